The van der Waals surface area contributed by atoms with E-state index in [9.17, 15) is 4.79 Å². The lowest BCUT2D eigenvalue weighted by molar-refractivity contribution is -0.113. The number of carbonyl (C=O) groups is 1. The van der Waals surface area contributed by atoms with E-state index < -0.39 is 0 Å². The van der Waals surface area contributed by atoms with Gasteiger partial charge in [0.2, 0.25) is 0 Å². The van der Waals surface area contributed by atoms with Crippen LogP contribution in [0.2, 0.25) is 0 Å². The number of hydrogen-bond donors (Lipinski definition) is 1. The molecule has 0 heterocycles. The van der Waals surface area contributed by atoms with Crippen LogP contribution >= 0.6 is 0 Å². The highest BCUT2D eigenvalue weighted by molar-refractivity contribution is 7.97. The summed E-state index contributed by atoms with van der Waals surface area (Å²) in [4.78, 5) is 12.5. The van der Waals surface area contributed by atoms with Crippen molar-refractivity contribution >= 4 is 22.5 Å². The van der Waals surface area contributed by atoms with Crippen LogP contribution in [0.25, 0.3) is 0 Å². The quantitative estimate of drug-likeness (QED) is 0.824. The van der Waals surface area contributed by atoms with E-state index in [0.29, 0.717) is 16.9 Å². The van der Waals surface area contributed by atoms with Crippen LogP contribution in [0, 0.1) is 16.7 Å². The number of carbonyl (C=O) groups excluding carboxylic acids is 1. The summed E-state index contributed by atoms with van der Waals surface area (Å²) in [5.41, 5.74) is 1.40. The van der Waals surface area contributed by atoms with Crippen LogP contribution in [-0.2, 0) is 20.4 Å². The first-order chi connectivity index (χ1) is 11.3. The second kappa shape index (κ2) is 6.38. The molecule has 0 aromatic heterocycles. The summed E-state index contributed by atoms with van der Waals surface area (Å²) in [6.07, 6.45) is 5.03. The molecule has 3 rings (SSSR count). The van der Waals surface area contributed by atoms with Crippen molar-refractivity contribution in [1.29, 1.82) is 0 Å². The number of amides is 1. The molecule has 0 saturated heterocycles. The van der Waals surface area contributed by atoms with Crippen LogP contribution in [-0.4, -0.2) is 36.4 Å². The lowest BCUT2D eigenvalue weighted by atomic mass is 9.70. The SMILES string of the molecule is CO[C@H]1[C@H]([S+](C)CC(=O)Nc2ccccc2)[C@H]2CC[C@]1(C)C2(C)C. The number of fused-ring (bicyclic) bond motifs is 2. The molecule has 2 aliphatic carbocycles. The molecular formula is C20H30NO2S+. The maximum atomic E-state index is 12.5. The van der Waals surface area contributed by atoms with Gasteiger partial charge in [-0.15, -0.1) is 0 Å². The van der Waals surface area contributed by atoms with Gasteiger partial charge in [0.15, 0.2) is 5.75 Å². The fourth-order valence-electron chi connectivity index (χ4n) is 5.13. The van der Waals surface area contributed by atoms with E-state index in [1.54, 1.807) is 0 Å². The Morgan fingerprint density at radius 2 is 1.96 bits per heavy atom. The number of hydrogen-bond acceptors (Lipinski definition) is 2. The number of nitrogens with one attached hydrogen (secondary N) is 1. The Hall–Kier alpha value is -1.00. The van der Waals surface area contributed by atoms with E-state index in [-0.39, 0.29) is 33.7 Å². The Bertz CT molecular complexity index is 603. The number of para-hydroxylation sites is 1. The molecule has 1 aromatic rings. The second-order valence-electron chi connectivity index (χ2n) is 8.15. The first-order valence-electron chi connectivity index (χ1n) is 8.80. The third kappa shape index (κ3) is 2.68. The molecule has 1 N–H and O–H groups in total. The minimum atomic E-state index is 0.0119. The number of methoxy groups -OCH3 is 1. The van der Waals surface area contributed by atoms with E-state index in [4.69, 9.17) is 4.74 Å². The van der Waals surface area contributed by atoms with Gasteiger partial charge in [-0.25, -0.2) is 0 Å². The van der Waals surface area contributed by atoms with Crippen molar-refractivity contribution in [3.8, 4) is 0 Å². The van der Waals surface area contributed by atoms with Crippen molar-refractivity contribution in [2.45, 2.75) is 45.0 Å². The van der Waals surface area contributed by atoms with E-state index in [1.807, 2.05) is 37.4 Å². The van der Waals surface area contributed by atoms with Crippen molar-refractivity contribution in [3.05, 3.63) is 30.3 Å². The fraction of sp³-hybridized carbons (Fsp3) is 0.650. The van der Waals surface area contributed by atoms with Crippen molar-refractivity contribution in [3.63, 3.8) is 0 Å². The normalized spacial score (nSPS) is 35.0. The Morgan fingerprint density at radius 1 is 1.29 bits per heavy atom. The van der Waals surface area contributed by atoms with E-state index in [0.717, 1.165) is 5.69 Å². The molecule has 2 aliphatic rings. The van der Waals surface area contributed by atoms with Gasteiger partial charge in [0.05, 0.1) is 6.26 Å². The fourth-order valence-corrected chi connectivity index (χ4v) is 7.68. The van der Waals surface area contributed by atoms with Crippen molar-refractivity contribution in [2.24, 2.45) is 16.7 Å². The van der Waals surface area contributed by atoms with Gasteiger partial charge in [0, 0.05) is 24.1 Å². The number of anilines is 1. The zero-order valence-electron chi connectivity index (χ0n) is 15.5. The molecule has 1 amide bonds. The van der Waals surface area contributed by atoms with E-state index >= 15 is 0 Å². The van der Waals surface area contributed by atoms with E-state index in [1.165, 1.54) is 12.8 Å². The Labute approximate surface area is 148 Å². The molecule has 2 fully saturated rings. The van der Waals surface area contributed by atoms with Gasteiger partial charge in [-0.2, -0.15) is 0 Å². The summed E-state index contributed by atoms with van der Waals surface area (Å²) in [5.74, 6) is 1.36. The predicted octanol–water partition coefficient (Wildman–Crippen LogP) is 3.71. The molecule has 2 saturated carbocycles. The molecule has 5 atom stereocenters. The molecule has 4 heteroatoms. The van der Waals surface area contributed by atoms with Crippen molar-refractivity contribution in [2.75, 3.05) is 24.4 Å². The van der Waals surface area contributed by atoms with Gasteiger partial charge < -0.3 is 10.1 Å². The summed E-state index contributed by atoms with van der Waals surface area (Å²) in [5, 5.41) is 3.52. The number of benzene rings is 1. The molecule has 3 nitrogen and oxygen atoms in total. The van der Waals surface area contributed by atoms with Crippen LogP contribution in [0.15, 0.2) is 30.3 Å². The molecule has 1 unspecified atom stereocenters. The first kappa shape index (κ1) is 17.8. The first-order valence-corrected chi connectivity index (χ1v) is 10.7. The van der Waals surface area contributed by atoms with Gasteiger partial charge in [-0.05, 0) is 41.3 Å². The summed E-state index contributed by atoms with van der Waals surface area (Å²) in [6.45, 7) is 7.19. The lowest BCUT2D eigenvalue weighted by Gasteiger charge is -2.38. The molecule has 0 radical (unpaired) electrons. The van der Waals surface area contributed by atoms with Crippen LogP contribution in [0.3, 0.4) is 0 Å². The maximum absolute atomic E-state index is 12.5. The van der Waals surface area contributed by atoms with Crippen LogP contribution in [0.5, 0.6) is 0 Å². The highest BCUT2D eigenvalue weighted by Gasteiger charge is 2.70. The summed E-state index contributed by atoms with van der Waals surface area (Å²) < 4.78 is 5.99. The maximum Gasteiger partial charge on any atom is 0.274 e. The largest absolute Gasteiger partial charge is 0.376 e. The van der Waals surface area contributed by atoms with Crippen molar-refractivity contribution < 1.29 is 9.53 Å². The standard InChI is InChI=1S/C20H29NO2S/c1-19(2)15-11-12-20(19,3)18(23-4)17(15)24(5)13-16(22)21-14-9-7-6-8-10-14/h6-10,15,17-18H,11-13H2,1-5H3/p+1/t15-,17-,18+,20+,24?/m1/s1. The average Bonchev–Trinajstić information content (AvgIpc) is 2.86. The number of rotatable bonds is 5. The minimum absolute atomic E-state index is 0.0119. The highest BCUT2D eigenvalue weighted by Crippen LogP contribution is 2.67. The topological polar surface area (TPSA) is 38.3 Å². The van der Waals surface area contributed by atoms with Crippen LogP contribution < -0.4 is 5.32 Å². The highest BCUT2D eigenvalue weighted by atomic mass is 32.2. The van der Waals surface area contributed by atoms with E-state index in [2.05, 4.69) is 32.3 Å². The monoisotopic (exact) mass is 348 g/mol. The molecular weight excluding hydrogens is 318 g/mol. The average molecular weight is 349 g/mol. The Kier molecular flexibility index (Phi) is 4.73. The van der Waals surface area contributed by atoms with Crippen molar-refractivity contribution in [1.82, 2.24) is 0 Å². The lowest BCUT2D eigenvalue weighted by Crippen LogP contribution is -2.46. The third-order valence-corrected chi connectivity index (χ3v) is 9.05. The predicted molar refractivity (Wildman–Crippen MR) is 102 cm³/mol. The van der Waals surface area contributed by atoms with Crippen LogP contribution in [0.1, 0.15) is 33.6 Å². The molecule has 132 valence electrons. The zero-order valence-corrected chi connectivity index (χ0v) is 16.3. The Morgan fingerprint density at radius 3 is 2.58 bits per heavy atom. The minimum Gasteiger partial charge on any atom is -0.376 e. The molecule has 24 heavy (non-hydrogen) atoms. The molecule has 0 spiro atoms. The van der Waals surface area contributed by atoms with Gasteiger partial charge in [0.25, 0.3) is 5.91 Å². The third-order valence-electron chi connectivity index (χ3n) is 6.83. The molecule has 2 bridgehead atoms. The Balaban J connectivity index is 1.71. The van der Waals surface area contributed by atoms with Gasteiger partial charge in [-0.1, -0.05) is 39.0 Å². The zero-order chi connectivity index (χ0) is 17.5. The van der Waals surface area contributed by atoms with Gasteiger partial charge in [-0.3, -0.25) is 4.79 Å². The summed E-state index contributed by atoms with van der Waals surface area (Å²) in [6, 6.07) is 9.72. The summed E-state index contributed by atoms with van der Waals surface area (Å²) >= 11 is 0. The second-order valence-corrected chi connectivity index (χ2v) is 10.4. The molecule has 0 aliphatic heterocycles. The smallest absolute Gasteiger partial charge is 0.274 e. The van der Waals surface area contributed by atoms with Crippen LogP contribution in [0.4, 0.5) is 5.69 Å². The number of ether oxygens (including phenoxy) is 1. The van der Waals surface area contributed by atoms with Gasteiger partial charge in [0.1, 0.15) is 11.4 Å². The summed E-state index contributed by atoms with van der Waals surface area (Å²) in [7, 11) is 1.86. The molecule has 1 aromatic carbocycles. The van der Waals surface area contributed by atoms with Gasteiger partial charge >= 0.3 is 0 Å².